The van der Waals surface area contributed by atoms with Crippen molar-refractivity contribution in [1.82, 2.24) is 0 Å². The number of halogens is 3. The molecule has 2 aliphatic heterocycles. The fraction of sp³-hybridized carbons (Fsp3) is 0.273. The summed E-state index contributed by atoms with van der Waals surface area (Å²) < 4.78 is 45.4. The van der Waals surface area contributed by atoms with Gasteiger partial charge in [-0.25, -0.2) is 0 Å². The van der Waals surface area contributed by atoms with Gasteiger partial charge >= 0.3 is 6.36 Å². The van der Waals surface area contributed by atoms with Crippen LogP contribution in [0.15, 0.2) is 30.4 Å². The van der Waals surface area contributed by atoms with Gasteiger partial charge in [0.2, 0.25) is 0 Å². The lowest BCUT2D eigenvalue weighted by Gasteiger charge is -2.12. The van der Waals surface area contributed by atoms with Crippen molar-refractivity contribution in [3.8, 4) is 5.75 Å². The van der Waals surface area contributed by atoms with Crippen LogP contribution in [0.4, 0.5) is 13.2 Å². The Balaban J connectivity index is 1.94. The van der Waals surface area contributed by atoms with Crippen LogP contribution >= 0.6 is 0 Å². The van der Waals surface area contributed by atoms with Crippen molar-refractivity contribution in [3.63, 3.8) is 0 Å². The van der Waals surface area contributed by atoms with E-state index >= 15 is 0 Å². The summed E-state index contributed by atoms with van der Waals surface area (Å²) in [6.45, 7) is 0. The van der Waals surface area contributed by atoms with E-state index in [0.29, 0.717) is 0 Å². The Kier molecular flexibility index (Phi) is 1.83. The molecule has 2 bridgehead atoms. The summed E-state index contributed by atoms with van der Waals surface area (Å²) in [5.41, 5.74) is 1.68. The van der Waals surface area contributed by atoms with Crippen LogP contribution in [0.25, 0.3) is 0 Å². The third-order valence-electron chi connectivity index (χ3n) is 2.66. The minimum absolute atomic E-state index is 0.111. The van der Waals surface area contributed by atoms with Crippen LogP contribution < -0.4 is 4.74 Å². The zero-order valence-corrected chi connectivity index (χ0v) is 7.99. The standard InChI is InChI=1S/C11H7F3O2/c12-11(13,14)16-6-1-2-7-8(5-6)10-4-3-9(7)15-10/h1-5,9-10H/t9-,10+/m0/s1. The van der Waals surface area contributed by atoms with Gasteiger partial charge in [0.05, 0.1) is 0 Å². The highest BCUT2D eigenvalue weighted by atomic mass is 19.4. The van der Waals surface area contributed by atoms with Gasteiger partial charge in [0.15, 0.2) is 0 Å². The lowest BCUT2D eigenvalue weighted by Crippen LogP contribution is -2.17. The third-order valence-corrected chi connectivity index (χ3v) is 2.66. The Morgan fingerprint density at radius 3 is 2.44 bits per heavy atom. The van der Waals surface area contributed by atoms with Crippen LogP contribution in [0.5, 0.6) is 5.75 Å². The van der Waals surface area contributed by atoms with E-state index in [9.17, 15) is 13.2 Å². The van der Waals surface area contributed by atoms with E-state index < -0.39 is 6.36 Å². The smallest absolute Gasteiger partial charge is 0.406 e. The Morgan fingerprint density at radius 2 is 1.75 bits per heavy atom. The molecule has 0 unspecified atom stereocenters. The number of hydrogen-bond acceptors (Lipinski definition) is 2. The fourth-order valence-electron chi connectivity index (χ4n) is 2.06. The van der Waals surface area contributed by atoms with E-state index in [4.69, 9.17) is 4.74 Å². The highest BCUT2D eigenvalue weighted by Gasteiger charge is 2.35. The second kappa shape index (κ2) is 3.01. The van der Waals surface area contributed by atoms with Crippen molar-refractivity contribution in [3.05, 3.63) is 41.5 Å². The van der Waals surface area contributed by atoms with Crippen molar-refractivity contribution in [2.24, 2.45) is 0 Å². The summed E-state index contributed by atoms with van der Waals surface area (Å²) >= 11 is 0. The van der Waals surface area contributed by atoms with Crippen molar-refractivity contribution >= 4 is 0 Å². The Labute approximate surface area is 89.3 Å². The SMILES string of the molecule is FC(F)(F)Oc1ccc2c(c1)[C@H]1C=C[C@@H]2O1. The molecule has 1 aromatic carbocycles. The molecule has 84 valence electrons. The molecular weight excluding hydrogens is 221 g/mol. The van der Waals surface area contributed by atoms with Crippen LogP contribution in [0.1, 0.15) is 23.3 Å². The summed E-state index contributed by atoms with van der Waals surface area (Å²) in [6, 6.07) is 4.31. The van der Waals surface area contributed by atoms with Crippen LogP contribution in [-0.4, -0.2) is 6.36 Å². The minimum atomic E-state index is -4.65. The number of alkyl halides is 3. The van der Waals surface area contributed by atoms with E-state index in [1.54, 1.807) is 6.07 Å². The van der Waals surface area contributed by atoms with Gasteiger partial charge in [0, 0.05) is 0 Å². The highest BCUT2D eigenvalue weighted by molar-refractivity contribution is 5.46. The van der Waals surface area contributed by atoms with Gasteiger partial charge < -0.3 is 9.47 Å². The van der Waals surface area contributed by atoms with Crippen LogP contribution in [0.2, 0.25) is 0 Å². The number of rotatable bonds is 1. The first-order chi connectivity index (χ1) is 7.53. The van der Waals surface area contributed by atoms with Crippen LogP contribution in [0, 0.1) is 0 Å². The summed E-state index contributed by atoms with van der Waals surface area (Å²) in [4.78, 5) is 0. The molecule has 0 fully saturated rings. The van der Waals surface area contributed by atoms with Gasteiger partial charge in [-0.1, -0.05) is 18.2 Å². The Hall–Kier alpha value is -1.49. The average molecular weight is 228 g/mol. The predicted molar refractivity (Wildman–Crippen MR) is 48.8 cm³/mol. The molecule has 1 aromatic rings. The normalized spacial score (nSPS) is 25.9. The van der Waals surface area contributed by atoms with E-state index in [0.717, 1.165) is 11.1 Å². The van der Waals surface area contributed by atoms with E-state index in [-0.39, 0.29) is 18.0 Å². The fourth-order valence-corrected chi connectivity index (χ4v) is 2.06. The number of fused-ring (bicyclic) bond motifs is 5. The number of benzene rings is 1. The number of hydrogen-bond donors (Lipinski definition) is 0. The van der Waals surface area contributed by atoms with Gasteiger partial charge in [-0.05, 0) is 23.3 Å². The van der Waals surface area contributed by atoms with Crippen molar-refractivity contribution in [2.75, 3.05) is 0 Å². The molecule has 2 nitrogen and oxygen atoms in total. The summed E-state index contributed by atoms with van der Waals surface area (Å²) in [6.07, 6.45) is -1.25. The van der Waals surface area contributed by atoms with Crippen LogP contribution in [-0.2, 0) is 4.74 Å². The molecule has 0 radical (unpaired) electrons. The maximum absolute atomic E-state index is 12.0. The summed E-state index contributed by atoms with van der Waals surface area (Å²) in [7, 11) is 0. The van der Waals surface area contributed by atoms with E-state index in [1.807, 2.05) is 12.2 Å². The zero-order chi connectivity index (χ0) is 11.3. The molecule has 0 saturated heterocycles. The highest BCUT2D eigenvalue weighted by Crippen LogP contribution is 2.46. The van der Waals surface area contributed by atoms with Gasteiger partial charge in [-0.2, -0.15) is 0 Å². The largest absolute Gasteiger partial charge is 0.573 e. The van der Waals surface area contributed by atoms with E-state index in [1.165, 1.54) is 12.1 Å². The molecule has 2 atom stereocenters. The summed E-state index contributed by atoms with van der Waals surface area (Å²) in [5.74, 6) is -0.198. The minimum Gasteiger partial charge on any atom is -0.406 e. The van der Waals surface area contributed by atoms with Gasteiger partial charge in [-0.15, -0.1) is 13.2 Å². The van der Waals surface area contributed by atoms with Gasteiger partial charge in [-0.3, -0.25) is 0 Å². The second-order valence-corrected chi connectivity index (χ2v) is 3.70. The molecule has 16 heavy (non-hydrogen) atoms. The van der Waals surface area contributed by atoms with E-state index in [2.05, 4.69) is 4.74 Å². The molecule has 0 aliphatic carbocycles. The quantitative estimate of drug-likeness (QED) is 0.687. The zero-order valence-electron chi connectivity index (χ0n) is 7.99. The van der Waals surface area contributed by atoms with Crippen molar-refractivity contribution in [2.45, 2.75) is 18.6 Å². The van der Waals surface area contributed by atoms with Gasteiger partial charge in [0.1, 0.15) is 18.0 Å². The lowest BCUT2D eigenvalue weighted by molar-refractivity contribution is -0.274. The molecule has 2 heterocycles. The molecule has 0 saturated carbocycles. The predicted octanol–water partition coefficient (Wildman–Crippen LogP) is 3.27. The Morgan fingerprint density at radius 1 is 1.06 bits per heavy atom. The average Bonchev–Trinajstić information content (AvgIpc) is 2.75. The first-order valence-electron chi connectivity index (χ1n) is 4.76. The second-order valence-electron chi connectivity index (χ2n) is 3.70. The molecular formula is C11H7F3O2. The third kappa shape index (κ3) is 1.48. The van der Waals surface area contributed by atoms with Crippen molar-refractivity contribution < 1.29 is 22.6 Å². The molecule has 5 heteroatoms. The molecule has 0 amide bonds. The first-order valence-corrected chi connectivity index (χ1v) is 4.76. The lowest BCUT2D eigenvalue weighted by atomic mass is 9.97. The Bertz CT molecular complexity index is 465. The summed E-state index contributed by atoms with van der Waals surface area (Å²) in [5, 5.41) is 0. The monoisotopic (exact) mass is 228 g/mol. The van der Waals surface area contributed by atoms with Crippen molar-refractivity contribution in [1.29, 1.82) is 0 Å². The van der Waals surface area contributed by atoms with Crippen LogP contribution in [0.3, 0.4) is 0 Å². The maximum atomic E-state index is 12.0. The molecule has 0 aromatic heterocycles. The number of ether oxygens (including phenoxy) is 2. The maximum Gasteiger partial charge on any atom is 0.573 e. The molecule has 3 rings (SSSR count). The molecule has 0 N–H and O–H groups in total. The topological polar surface area (TPSA) is 18.5 Å². The first kappa shape index (κ1) is 9.72. The molecule has 0 spiro atoms. The molecule has 2 aliphatic rings. The van der Waals surface area contributed by atoms with Gasteiger partial charge in [0.25, 0.3) is 0 Å².